The molecule has 1 saturated heterocycles. The molecular weight excluding hydrogens is 525 g/mol. The number of hydrogen-bond donors (Lipinski definition) is 5. The van der Waals surface area contributed by atoms with E-state index in [0.717, 1.165) is 5.56 Å². The van der Waals surface area contributed by atoms with E-state index in [1.165, 1.54) is 0 Å². The van der Waals surface area contributed by atoms with Gasteiger partial charge in [-0.25, -0.2) is 9.36 Å². The molecule has 0 aliphatic carbocycles. The lowest BCUT2D eigenvalue weighted by atomic mass is 9.66. The summed E-state index contributed by atoms with van der Waals surface area (Å²) in [6.45, 7) is 10.6. The molecule has 0 saturated carbocycles. The maximum Gasteiger partial charge on any atom is 0.471 e. The summed E-state index contributed by atoms with van der Waals surface area (Å²) in [5.41, 5.74) is -2.08. The number of ether oxygens (including phenoxy) is 1. The van der Waals surface area contributed by atoms with Crippen LogP contribution in [-0.2, 0) is 24.2 Å². The number of nitrogens with one attached hydrogen (secondary N) is 2. The van der Waals surface area contributed by atoms with Gasteiger partial charge in [-0.15, -0.1) is 0 Å². The Morgan fingerprint density at radius 3 is 2.32 bits per heavy atom. The fourth-order valence-corrected chi connectivity index (χ4v) is 4.59. The molecule has 0 spiro atoms. The largest absolute Gasteiger partial charge is 0.471 e. The summed E-state index contributed by atoms with van der Waals surface area (Å²) < 4.78 is 20.3. The van der Waals surface area contributed by atoms with Gasteiger partial charge in [0, 0.05) is 30.1 Å². The van der Waals surface area contributed by atoms with Crippen molar-refractivity contribution < 1.29 is 38.3 Å². The van der Waals surface area contributed by atoms with Crippen molar-refractivity contribution in [3.8, 4) is 0 Å². The summed E-state index contributed by atoms with van der Waals surface area (Å²) in [6.07, 6.45) is 0.326. The molecule has 11 nitrogen and oxygen atoms in total. The highest BCUT2D eigenvalue weighted by Crippen LogP contribution is 2.46. The zero-order chi connectivity index (χ0) is 28.2. The van der Waals surface area contributed by atoms with Crippen molar-refractivity contribution in [2.75, 3.05) is 26.4 Å². The Bertz CT molecular complexity index is 998. The van der Waals surface area contributed by atoms with Gasteiger partial charge < -0.3 is 35.2 Å². The lowest BCUT2D eigenvalue weighted by Crippen LogP contribution is -2.61. The highest BCUT2D eigenvalue weighted by Gasteiger charge is 2.50. The van der Waals surface area contributed by atoms with Crippen molar-refractivity contribution in [1.82, 2.24) is 15.5 Å². The number of amides is 3. The summed E-state index contributed by atoms with van der Waals surface area (Å²) in [4.78, 5) is 45.2. The van der Waals surface area contributed by atoms with Crippen molar-refractivity contribution in [2.45, 2.75) is 65.2 Å². The Morgan fingerprint density at radius 2 is 1.81 bits per heavy atom. The Hall–Kier alpha value is -1.72. The summed E-state index contributed by atoms with van der Waals surface area (Å²) in [5.74, 6) is -0.457. The quantitative estimate of drug-likeness (QED) is 0.215. The van der Waals surface area contributed by atoms with Crippen LogP contribution in [-0.4, -0.2) is 69.8 Å². The van der Waals surface area contributed by atoms with Crippen molar-refractivity contribution in [2.24, 2.45) is 11.3 Å². The second-order valence-corrected chi connectivity index (χ2v) is 12.6. The number of likely N-dealkylation sites (tertiary alicyclic amines) is 1. The first-order valence-corrected chi connectivity index (χ1v) is 13.9. The van der Waals surface area contributed by atoms with Crippen LogP contribution >= 0.6 is 19.4 Å². The molecule has 1 fully saturated rings. The van der Waals surface area contributed by atoms with E-state index in [0.29, 0.717) is 18.0 Å². The molecular formula is C24H39ClN3O8P. The van der Waals surface area contributed by atoms with Gasteiger partial charge in [0.15, 0.2) is 6.79 Å². The van der Waals surface area contributed by atoms with Crippen molar-refractivity contribution in [3.63, 3.8) is 0 Å². The lowest BCUT2D eigenvalue weighted by molar-refractivity contribution is -0.155. The maximum absolute atomic E-state index is 13.5. The molecule has 5 N–H and O–H groups in total. The molecule has 2 rings (SSSR count). The van der Waals surface area contributed by atoms with E-state index in [1.54, 1.807) is 43.0 Å². The van der Waals surface area contributed by atoms with E-state index in [1.807, 2.05) is 27.7 Å². The predicted octanol–water partition coefficient (Wildman–Crippen LogP) is 2.97. The number of urea groups is 1. The summed E-state index contributed by atoms with van der Waals surface area (Å²) in [6, 6.07) is 5.67. The van der Waals surface area contributed by atoms with Crippen LogP contribution in [0.5, 0.6) is 0 Å². The van der Waals surface area contributed by atoms with Crippen molar-refractivity contribution in [1.29, 1.82) is 0 Å². The Labute approximate surface area is 223 Å². The third-order valence-electron chi connectivity index (χ3n) is 6.65. The number of aliphatic hydroxyl groups is 1. The van der Waals surface area contributed by atoms with Crippen LogP contribution < -0.4 is 10.6 Å². The van der Waals surface area contributed by atoms with Gasteiger partial charge in [-0.05, 0) is 43.9 Å². The molecule has 0 radical (unpaired) electrons. The minimum atomic E-state index is -4.67. The smallest absolute Gasteiger partial charge is 0.384 e. The standard InChI is InChI=1S/C24H39ClN3O8P/c1-16(2)19(27-21(30)26-13-23(5,6)35-15-36-37(32,33)34)20(29)28-12-11-24(31,22(3,4)14-28)17-7-9-18(25)10-8-17/h7-10,16,19,31H,11-15H2,1-6H3,(H2,26,27,30)(H2,32,33,34)/t19-,24+/m1/s1. The fraction of sp³-hybridized carbons (Fsp3) is 0.667. The molecule has 1 heterocycles. The van der Waals surface area contributed by atoms with E-state index >= 15 is 0 Å². The first-order valence-electron chi connectivity index (χ1n) is 12.0. The molecule has 13 heteroatoms. The van der Waals surface area contributed by atoms with Crippen molar-refractivity contribution in [3.05, 3.63) is 34.9 Å². The van der Waals surface area contributed by atoms with Crippen LogP contribution in [0.25, 0.3) is 0 Å². The molecule has 37 heavy (non-hydrogen) atoms. The van der Waals surface area contributed by atoms with Crippen LogP contribution in [0.4, 0.5) is 4.79 Å². The minimum absolute atomic E-state index is 0.00672. The number of halogens is 1. The molecule has 2 atom stereocenters. The minimum Gasteiger partial charge on any atom is -0.384 e. The Morgan fingerprint density at radius 1 is 1.22 bits per heavy atom. The average Bonchev–Trinajstić information content (AvgIpc) is 2.76. The van der Waals surface area contributed by atoms with Crippen LogP contribution in [0.1, 0.15) is 53.5 Å². The van der Waals surface area contributed by atoms with Crippen LogP contribution in [0.15, 0.2) is 24.3 Å². The second kappa shape index (κ2) is 12.0. The van der Waals surface area contributed by atoms with Gasteiger partial charge in [0.25, 0.3) is 0 Å². The Balaban J connectivity index is 2.00. The molecule has 1 aliphatic heterocycles. The first-order chi connectivity index (χ1) is 16.9. The average molecular weight is 564 g/mol. The van der Waals surface area contributed by atoms with Crippen molar-refractivity contribution >= 4 is 31.4 Å². The fourth-order valence-electron chi connectivity index (χ4n) is 4.27. The molecule has 0 bridgehead atoms. The summed E-state index contributed by atoms with van der Waals surface area (Å²) >= 11 is 6.01. The number of benzene rings is 1. The number of phosphoric acid groups is 1. The summed E-state index contributed by atoms with van der Waals surface area (Å²) in [7, 11) is -4.67. The number of carbonyl (C=O) groups excluding carboxylic acids is 2. The van der Waals surface area contributed by atoms with E-state index < -0.39 is 43.3 Å². The number of rotatable bonds is 10. The summed E-state index contributed by atoms with van der Waals surface area (Å²) in [5, 5.41) is 17.5. The van der Waals surface area contributed by atoms with E-state index in [-0.39, 0.29) is 24.9 Å². The predicted molar refractivity (Wildman–Crippen MR) is 139 cm³/mol. The van der Waals surface area contributed by atoms with Crippen LogP contribution in [0, 0.1) is 11.3 Å². The highest BCUT2D eigenvalue weighted by molar-refractivity contribution is 7.46. The zero-order valence-electron chi connectivity index (χ0n) is 22.2. The van der Waals surface area contributed by atoms with Gasteiger partial charge >= 0.3 is 13.9 Å². The number of carbonyl (C=O) groups is 2. The third-order valence-corrected chi connectivity index (χ3v) is 7.34. The van der Waals surface area contributed by atoms with E-state index in [9.17, 15) is 19.3 Å². The van der Waals surface area contributed by atoms with Gasteiger partial charge in [0.05, 0.1) is 11.2 Å². The normalized spacial score (nSPS) is 21.0. The first kappa shape index (κ1) is 31.5. The molecule has 210 valence electrons. The van der Waals surface area contributed by atoms with Gasteiger partial charge in [0.1, 0.15) is 6.04 Å². The van der Waals surface area contributed by atoms with E-state index in [4.69, 9.17) is 26.1 Å². The SMILES string of the molecule is CC(C)[C@@H](NC(=O)NCC(C)(C)OCOP(=O)(O)O)C(=O)N1CC[C@](O)(c2ccc(Cl)cc2)C(C)(C)C1. The zero-order valence-corrected chi connectivity index (χ0v) is 23.8. The topological polar surface area (TPSA) is 158 Å². The van der Waals surface area contributed by atoms with Gasteiger partial charge in [-0.2, -0.15) is 0 Å². The molecule has 1 aliphatic rings. The Kier molecular flexibility index (Phi) is 10.2. The molecule has 0 aromatic heterocycles. The molecule has 3 amide bonds. The monoisotopic (exact) mass is 563 g/mol. The molecule has 1 aromatic carbocycles. The third kappa shape index (κ3) is 8.64. The van der Waals surface area contributed by atoms with Crippen LogP contribution in [0.3, 0.4) is 0 Å². The highest BCUT2D eigenvalue weighted by atomic mass is 35.5. The number of hydrogen-bond acceptors (Lipinski definition) is 6. The number of nitrogens with zero attached hydrogens (tertiary/aromatic N) is 1. The van der Waals surface area contributed by atoms with Gasteiger partial charge in [-0.3, -0.25) is 9.32 Å². The van der Waals surface area contributed by atoms with Gasteiger partial charge in [0.2, 0.25) is 5.91 Å². The lowest BCUT2D eigenvalue weighted by Gasteiger charge is -2.51. The van der Waals surface area contributed by atoms with Gasteiger partial charge in [-0.1, -0.05) is 51.4 Å². The second-order valence-electron chi connectivity index (χ2n) is 11.0. The maximum atomic E-state index is 13.5. The number of piperidine rings is 1. The number of phosphoric ester groups is 1. The van der Waals surface area contributed by atoms with E-state index in [2.05, 4.69) is 15.2 Å². The molecule has 0 unspecified atom stereocenters. The molecule has 1 aromatic rings. The van der Waals surface area contributed by atoms with Crippen LogP contribution in [0.2, 0.25) is 5.02 Å².